The molecule has 8 nitrogen and oxygen atoms in total. The summed E-state index contributed by atoms with van der Waals surface area (Å²) in [4.78, 5) is 33.5. The Kier molecular flexibility index (Phi) is 4.62. The third-order valence-corrected chi connectivity index (χ3v) is 2.72. The van der Waals surface area contributed by atoms with Gasteiger partial charge in [-0.15, -0.1) is 0 Å². The van der Waals surface area contributed by atoms with Gasteiger partial charge in [0, 0.05) is 6.08 Å². The smallest absolute Gasteiger partial charge is 0.331 e. The van der Waals surface area contributed by atoms with Gasteiger partial charge < -0.3 is 19.9 Å². The van der Waals surface area contributed by atoms with Crippen molar-refractivity contribution in [3.05, 3.63) is 29.8 Å². The Morgan fingerprint density at radius 2 is 2.05 bits per heavy atom. The van der Waals surface area contributed by atoms with Crippen LogP contribution in [0.2, 0.25) is 0 Å². The fourth-order valence-corrected chi connectivity index (χ4v) is 1.67. The minimum atomic E-state index is -1.14. The first kappa shape index (κ1) is 15.4. The highest BCUT2D eigenvalue weighted by Crippen LogP contribution is 2.32. The molecule has 0 fully saturated rings. The fraction of sp³-hybridized carbons (Fsp3) is 0.214. The summed E-state index contributed by atoms with van der Waals surface area (Å²) in [5.41, 5.74) is 5.50. The molecule has 3 N–H and O–H groups in total. The molecular weight excluding hydrogens is 292 g/mol. The molecule has 1 heterocycles. The summed E-state index contributed by atoms with van der Waals surface area (Å²) >= 11 is 0. The summed E-state index contributed by atoms with van der Waals surface area (Å²) in [6.07, 6.45) is 1.52. The first-order valence-corrected chi connectivity index (χ1v) is 6.34. The summed E-state index contributed by atoms with van der Waals surface area (Å²) in [6, 6.07) is 4.15. The van der Waals surface area contributed by atoms with E-state index in [1.54, 1.807) is 18.2 Å². The Balaban J connectivity index is 1.91. The number of primary amides is 1. The van der Waals surface area contributed by atoms with E-state index >= 15 is 0 Å². The van der Waals surface area contributed by atoms with Crippen LogP contribution in [0.3, 0.4) is 0 Å². The van der Waals surface area contributed by atoms with Crippen LogP contribution in [-0.2, 0) is 14.3 Å². The van der Waals surface area contributed by atoms with Gasteiger partial charge in [0.1, 0.15) is 0 Å². The van der Waals surface area contributed by atoms with Crippen molar-refractivity contribution >= 4 is 24.0 Å². The van der Waals surface area contributed by atoms with Crippen LogP contribution in [0, 0.1) is 0 Å². The summed E-state index contributed by atoms with van der Waals surface area (Å²) in [5.74, 6) is -0.302. The quantitative estimate of drug-likeness (QED) is 0.620. The number of carbonyl (C=O) groups is 3. The second kappa shape index (κ2) is 6.61. The highest BCUT2D eigenvalue weighted by atomic mass is 16.7. The predicted molar refractivity (Wildman–Crippen MR) is 74.9 cm³/mol. The first-order chi connectivity index (χ1) is 10.5. The standard InChI is InChI=1S/C14H14N2O6/c1-8(13(18)16-14(15)19)22-12(17)5-3-9-2-4-10-11(6-9)21-7-20-10/h2-6,8H,7H2,1H3,(H3,15,16,18,19)/b5-3+/t8-/m0/s1. The van der Waals surface area contributed by atoms with Gasteiger partial charge >= 0.3 is 12.0 Å². The summed E-state index contributed by atoms with van der Waals surface area (Å²) in [5, 5.41) is 1.82. The fourth-order valence-electron chi connectivity index (χ4n) is 1.67. The van der Waals surface area contributed by atoms with Crippen LogP contribution < -0.4 is 20.5 Å². The molecule has 0 aliphatic carbocycles. The lowest BCUT2D eigenvalue weighted by Gasteiger charge is -2.10. The van der Waals surface area contributed by atoms with Crippen molar-refractivity contribution in [1.29, 1.82) is 0 Å². The number of nitrogens with two attached hydrogens (primary N) is 1. The number of nitrogens with one attached hydrogen (secondary N) is 1. The van der Waals surface area contributed by atoms with Gasteiger partial charge in [-0.1, -0.05) is 6.07 Å². The van der Waals surface area contributed by atoms with Gasteiger partial charge in [0.2, 0.25) is 6.79 Å². The average molecular weight is 306 g/mol. The molecule has 1 aromatic rings. The van der Waals surface area contributed by atoms with E-state index in [9.17, 15) is 14.4 Å². The second-order valence-electron chi connectivity index (χ2n) is 4.38. The number of urea groups is 1. The van der Waals surface area contributed by atoms with Crippen molar-refractivity contribution in [3.63, 3.8) is 0 Å². The van der Waals surface area contributed by atoms with Crippen LogP contribution in [0.5, 0.6) is 11.5 Å². The zero-order valence-corrected chi connectivity index (χ0v) is 11.7. The minimum Gasteiger partial charge on any atom is -0.454 e. The van der Waals surface area contributed by atoms with Crippen LogP contribution in [0.15, 0.2) is 24.3 Å². The van der Waals surface area contributed by atoms with Gasteiger partial charge in [0.05, 0.1) is 0 Å². The van der Waals surface area contributed by atoms with E-state index in [2.05, 4.69) is 0 Å². The highest BCUT2D eigenvalue weighted by molar-refractivity contribution is 5.97. The molecule has 1 atom stereocenters. The Labute approximate surface area is 125 Å². The number of ether oxygens (including phenoxy) is 3. The summed E-state index contributed by atoms with van der Waals surface area (Å²) in [7, 11) is 0. The number of amides is 3. The molecule has 0 saturated carbocycles. The van der Waals surface area contributed by atoms with Crippen LogP contribution >= 0.6 is 0 Å². The predicted octanol–water partition coefficient (Wildman–Crippen LogP) is 0.555. The molecular formula is C14H14N2O6. The Morgan fingerprint density at radius 3 is 2.77 bits per heavy atom. The van der Waals surface area contributed by atoms with Gasteiger partial charge in [-0.05, 0) is 30.7 Å². The number of hydrogen-bond donors (Lipinski definition) is 2. The van der Waals surface area contributed by atoms with E-state index < -0.39 is 24.0 Å². The minimum absolute atomic E-state index is 0.164. The molecule has 0 unspecified atom stereocenters. The number of benzene rings is 1. The maximum Gasteiger partial charge on any atom is 0.331 e. The van der Waals surface area contributed by atoms with Crippen molar-refractivity contribution in [3.8, 4) is 11.5 Å². The van der Waals surface area contributed by atoms with E-state index in [1.807, 2.05) is 5.32 Å². The Hall–Kier alpha value is -3.03. The number of fused-ring (bicyclic) bond motifs is 1. The zero-order valence-electron chi connectivity index (χ0n) is 11.7. The average Bonchev–Trinajstić information content (AvgIpc) is 2.91. The van der Waals surface area contributed by atoms with Crippen LogP contribution in [0.4, 0.5) is 4.79 Å². The SMILES string of the molecule is C[C@H](OC(=O)/C=C/c1ccc2c(c1)OCO2)C(=O)NC(N)=O. The molecule has 0 saturated heterocycles. The lowest BCUT2D eigenvalue weighted by Crippen LogP contribution is -2.42. The Morgan fingerprint density at radius 1 is 1.32 bits per heavy atom. The largest absolute Gasteiger partial charge is 0.454 e. The van der Waals surface area contributed by atoms with E-state index in [4.69, 9.17) is 19.9 Å². The van der Waals surface area contributed by atoms with Crippen molar-refractivity contribution < 1.29 is 28.6 Å². The van der Waals surface area contributed by atoms with Crippen molar-refractivity contribution in [2.24, 2.45) is 5.73 Å². The number of imide groups is 1. The lowest BCUT2D eigenvalue weighted by molar-refractivity contribution is -0.149. The van der Waals surface area contributed by atoms with E-state index in [1.165, 1.54) is 13.0 Å². The molecule has 8 heteroatoms. The molecule has 2 rings (SSSR count). The number of rotatable bonds is 4. The van der Waals surface area contributed by atoms with Gasteiger partial charge in [-0.2, -0.15) is 0 Å². The lowest BCUT2D eigenvalue weighted by atomic mass is 10.2. The molecule has 116 valence electrons. The summed E-state index contributed by atoms with van der Waals surface area (Å²) in [6.45, 7) is 1.49. The topological polar surface area (TPSA) is 117 Å². The normalized spacial score (nSPS) is 13.7. The molecule has 1 aliphatic rings. The molecule has 1 aliphatic heterocycles. The number of hydrogen-bond acceptors (Lipinski definition) is 6. The van der Waals surface area contributed by atoms with Gasteiger partial charge in [-0.3, -0.25) is 10.1 Å². The number of esters is 1. The maximum absolute atomic E-state index is 11.6. The summed E-state index contributed by atoms with van der Waals surface area (Å²) < 4.78 is 15.2. The van der Waals surface area contributed by atoms with Crippen molar-refractivity contribution in [2.45, 2.75) is 13.0 Å². The molecule has 0 aromatic heterocycles. The van der Waals surface area contributed by atoms with Crippen LogP contribution in [0.1, 0.15) is 12.5 Å². The molecule has 0 bridgehead atoms. The van der Waals surface area contributed by atoms with Crippen LogP contribution in [0.25, 0.3) is 6.08 Å². The van der Waals surface area contributed by atoms with Gasteiger partial charge in [0.15, 0.2) is 17.6 Å². The molecule has 0 radical (unpaired) electrons. The van der Waals surface area contributed by atoms with Crippen LogP contribution in [-0.4, -0.2) is 30.8 Å². The van der Waals surface area contributed by atoms with E-state index in [-0.39, 0.29) is 6.79 Å². The van der Waals surface area contributed by atoms with E-state index in [0.717, 1.165) is 6.08 Å². The van der Waals surface area contributed by atoms with Crippen molar-refractivity contribution in [2.75, 3.05) is 6.79 Å². The third kappa shape index (κ3) is 3.98. The monoisotopic (exact) mass is 306 g/mol. The third-order valence-electron chi connectivity index (χ3n) is 2.72. The molecule has 0 spiro atoms. The van der Waals surface area contributed by atoms with E-state index in [0.29, 0.717) is 17.1 Å². The van der Waals surface area contributed by atoms with Gasteiger partial charge in [-0.25, -0.2) is 9.59 Å². The second-order valence-corrected chi connectivity index (χ2v) is 4.38. The zero-order chi connectivity index (χ0) is 16.1. The maximum atomic E-state index is 11.6. The molecule has 3 amide bonds. The van der Waals surface area contributed by atoms with Crippen molar-refractivity contribution in [1.82, 2.24) is 5.32 Å². The molecule has 1 aromatic carbocycles. The molecule has 22 heavy (non-hydrogen) atoms. The first-order valence-electron chi connectivity index (χ1n) is 6.34. The Bertz CT molecular complexity index is 640. The van der Waals surface area contributed by atoms with Gasteiger partial charge in [0.25, 0.3) is 5.91 Å². The number of carbonyl (C=O) groups excluding carboxylic acids is 3. The highest BCUT2D eigenvalue weighted by Gasteiger charge is 2.17.